The van der Waals surface area contributed by atoms with Crippen molar-refractivity contribution in [2.75, 3.05) is 25.5 Å². The Hall–Kier alpha value is -3.91. The Morgan fingerprint density at radius 1 is 1.06 bits per heavy atom. The fourth-order valence-electron chi connectivity index (χ4n) is 4.44. The maximum Gasteiger partial charge on any atom is 0.233 e. The molecule has 2 aromatic carbocycles. The Labute approximate surface area is 211 Å². The number of rotatable bonds is 8. The molecule has 0 atom stereocenters. The summed E-state index contributed by atoms with van der Waals surface area (Å²) < 4.78 is 1.86. The van der Waals surface area contributed by atoms with Gasteiger partial charge in [-0.05, 0) is 31.1 Å². The van der Waals surface area contributed by atoms with Crippen LogP contribution in [0.5, 0.6) is 0 Å². The van der Waals surface area contributed by atoms with Gasteiger partial charge < -0.3 is 4.90 Å². The zero-order valence-corrected chi connectivity index (χ0v) is 21.2. The first-order valence-electron chi connectivity index (χ1n) is 12.3. The van der Waals surface area contributed by atoms with E-state index in [9.17, 15) is 4.79 Å². The van der Waals surface area contributed by atoms with Crippen molar-refractivity contribution in [2.45, 2.75) is 39.3 Å². The Bertz CT molecular complexity index is 1370. The molecule has 0 spiro atoms. The van der Waals surface area contributed by atoms with Gasteiger partial charge in [0.05, 0.1) is 25.7 Å². The Morgan fingerprint density at radius 3 is 2.58 bits per heavy atom. The number of hydrogen-bond donors (Lipinski definition) is 0. The van der Waals surface area contributed by atoms with E-state index in [-0.39, 0.29) is 5.91 Å². The second-order valence-corrected chi connectivity index (χ2v) is 9.81. The van der Waals surface area contributed by atoms with E-state index in [0.717, 1.165) is 41.0 Å². The molecule has 36 heavy (non-hydrogen) atoms. The van der Waals surface area contributed by atoms with Crippen LogP contribution in [0.3, 0.4) is 0 Å². The van der Waals surface area contributed by atoms with Gasteiger partial charge in [0.25, 0.3) is 0 Å². The van der Waals surface area contributed by atoms with Crippen LogP contribution in [0.4, 0.5) is 5.82 Å². The lowest BCUT2D eigenvalue weighted by Gasteiger charge is -2.18. The van der Waals surface area contributed by atoms with Crippen LogP contribution in [0, 0.1) is 0 Å². The minimum atomic E-state index is 0.0431. The third kappa shape index (κ3) is 4.90. The highest BCUT2D eigenvalue weighted by atomic mass is 16.2. The highest BCUT2D eigenvalue weighted by molar-refractivity contribution is 6.00. The number of fused-ring (bicyclic) bond motifs is 1. The Kier molecular flexibility index (Phi) is 6.61. The van der Waals surface area contributed by atoms with Crippen molar-refractivity contribution < 1.29 is 4.79 Å². The predicted octanol–water partition coefficient (Wildman–Crippen LogP) is 4.18. The van der Waals surface area contributed by atoms with Gasteiger partial charge in [0.2, 0.25) is 5.91 Å². The number of carbonyl (C=O) groups is 1. The highest BCUT2D eigenvalue weighted by Gasteiger charge is 2.30. The number of carbonyl (C=O) groups excluding carboxylic acids is 1. The molecule has 8 nitrogen and oxygen atoms in total. The molecule has 1 aliphatic heterocycles. The molecule has 0 unspecified atom stereocenters. The Balaban J connectivity index is 1.35. The molecular formula is C28H31N7O. The number of aromatic nitrogens is 5. The van der Waals surface area contributed by atoms with E-state index in [4.69, 9.17) is 4.98 Å². The standard InChI is InChI=1S/C28H31N7O/c1-19(2)23-7-5-6-8-24(23)27-29-16-22-15-26(36)35(28(22)30-27)17-20-9-11-21(12-10-20)25-18-34(32-31-25)14-13-33(3)4/h5-12,16,18-19H,13-15,17H2,1-4H3. The molecule has 0 aliphatic carbocycles. The van der Waals surface area contributed by atoms with Crippen LogP contribution in [0.25, 0.3) is 22.6 Å². The number of anilines is 1. The average molecular weight is 482 g/mol. The molecular weight excluding hydrogens is 450 g/mol. The van der Waals surface area contributed by atoms with Crippen LogP contribution < -0.4 is 4.90 Å². The van der Waals surface area contributed by atoms with E-state index >= 15 is 0 Å². The maximum absolute atomic E-state index is 12.9. The number of amides is 1. The van der Waals surface area contributed by atoms with Crippen molar-refractivity contribution in [3.63, 3.8) is 0 Å². The predicted molar refractivity (Wildman–Crippen MR) is 140 cm³/mol. The Morgan fingerprint density at radius 2 is 1.83 bits per heavy atom. The lowest BCUT2D eigenvalue weighted by Crippen LogP contribution is -2.26. The minimum Gasteiger partial charge on any atom is -0.308 e. The van der Waals surface area contributed by atoms with Crippen LogP contribution in [-0.4, -0.2) is 56.4 Å². The summed E-state index contributed by atoms with van der Waals surface area (Å²) in [6.07, 6.45) is 4.09. The van der Waals surface area contributed by atoms with Gasteiger partial charge in [-0.3, -0.25) is 14.4 Å². The van der Waals surface area contributed by atoms with Crippen molar-refractivity contribution in [2.24, 2.45) is 0 Å². The third-order valence-electron chi connectivity index (χ3n) is 6.47. The zero-order chi connectivity index (χ0) is 25.2. The van der Waals surface area contributed by atoms with Crippen molar-refractivity contribution in [3.05, 3.63) is 77.6 Å². The van der Waals surface area contributed by atoms with Crippen LogP contribution >= 0.6 is 0 Å². The second-order valence-electron chi connectivity index (χ2n) is 9.81. The molecule has 0 radical (unpaired) electrons. The van der Waals surface area contributed by atoms with Crippen molar-refractivity contribution >= 4 is 11.7 Å². The van der Waals surface area contributed by atoms with Crippen LogP contribution in [0.2, 0.25) is 0 Å². The number of likely N-dealkylation sites (N-methyl/N-ethyl adjacent to an activating group) is 1. The first-order chi connectivity index (χ1) is 17.4. The van der Waals surface area contributed by atoms with E-state index in [1.165, 1.54) is 5.56 Å². The molecule has 0 saturated carbocycles. The van der Waals surface area contributed by atoms with Gasteiger partial charge in [0.15, 0.2) is 5.82 Å². The van der Waals surface area contributed by atoms with Gasteiger partial charge in [-0.2, -0.15) is 0 Å². The van der Waals surface area contributed by atoms with Gasteiger partial charge in [-0.15, -0.1) is 5.10 Å². The molecule has 0 saturated heterocycles. The van der Waals surface area contributed by atoms with E-state index in [1.54, 1.807) is 11.1 Å². The summed E-state index contributed by atoms with van der Waals surface area (Å²) in [5, 5.41) is 8.54. The quantitative estimate of drug-likeness (QED) is 0.376. The fourth-order valence-corrected chi connectivity index (χ4v) is 4.44. The van der Waals surface area contributed by atoms with Gasteiger partial charge in [0.1, 0.15) is 11.5 Å². The number of benzene rings is 2. The molecule has 0 N–H and O–H groups in total. The molecule has 8 heteroatoms. The summed E-state index contributed by atoms with van der Waals surface area (Å²) in [5.41, 5.74) is 5.95. The summed E-state index contributed by atoms with van der Waals surface area (Å²) in [4.78, 5) is 26.2. The van der Waals surface area contributed by atoms with Gasteiger partial charge in [-0.1, -0.05) is 67.6 Å². The lowest BCUT2D eigenvalue weighted by molar-refractivity contribution is -0.117. The first kappa shape index (κ1) is 23.8. The molecule has 0 bridgehead atoms. The summed E-state index contributed by atoms with van der Waals surface area (Å²) in [6.45, 7) is 6.48. The van der Waals surface area contributed by atoms with E-state index < -0.39 is 0 Å². The van der Waals surface area contributed by atoms with Gasteiger partial charge >= 0.3 is 0 Å². The smallest absolute Gasteiger partial charge is 0.233 e. The fraction of sp³-hybridized carbons (Fsp3) is 0.321. The molecule has 4 aromatic rings. The molecule has 1 amide bonds. The average Bonchev–Trinajstić information content (AvgIpc) is 3.47. The summed E-state index contributed by atoms with van der Waals surface area (Å²) in [5.74, 6) is 1.76. The largest absolute Gasteiger partial charge is 0.308 e. The minimum absolute atomic E-state index is 0.0431. The van der Waals surface area contributed by atoms with E-state index in [2.05, 4.69) is 40.1 Å². The van der Waals surface area contributed by atoms with Crippen LogP contribution in [0.15, 0.2) is 60.9 Å². The van der Waals surface area contributed by atoms with Crippen LogP contribution in [0.1, 0.15) is 36.5 Å². The second kappa shape index (κ2) is 9.99. The molecule has 0 fully saturated rings. The summed E-state index contributed by atoms with van der Waals surface area (Å²) >= 11 is 0. The highest BCUT2D eigenvalue weighted by Crippen LogP contribution is 2.32. The topological polar surface area (TPSA) is 80.0 Å². The molecule has 1 aliphatic rings. The number of nitrogens with zero attached hydrogens (tertiary/aromatic N) is 7. The maximum atomic E-state index is 12.9. The molecule has 5 rings (SSSR count). The monoisotopic (exact) mass is 481 g/mol. The zero-order valence-electron chi connectivity index (χ0n) is 21.2. The summed E-state index contributed by atoms with van der Waals surface area (Å²) in [6, 6.07) is 16.3. The summed E-state index contributed by atoms with van der Waals surface area (Å²) in [7, 11) is 4.08. The third-order valence-corrected chi connectivity index (χ3v) is 6.47. The molecule has 3 heterocycles. The van der Waals surface area contributed by atoms with Gasteiger partial charge in [-0.25, -0.2) is 9.97 Å². The van der Waals surface area contributed by atoms with E-state index in [1.807, 2.05) is 67.4 Å². The molecule has 2 aromatic heterocycles. The van der Waals surface area contributed by atoms with Crippen molar-refractivity contribution in [3.8, 4) is 22.6 Å². The van der Waals surface area contributed by atoms with Gasteiger partial charge in [0, 0.05) is 29.4 Å². The first-order valence-corrected chi connectivity index (χ1v) is 12.3. The number of hydrogen-bond acceptors (Lipinski definition) is 6. The normalized spacial score (nSPS) is 13.2. The van der Waals surface area contributed by atoms with Crippen molar-refractivity contribution in [1.82, 2.24) is 29.9 Å². The SMILES string of the molecule is CC(C)c1ccccc1-c1ncc2c(n1)N(Cc1ccc(-c3cn(CCN(C)C)nn3)cc1)C(=O)C2. The van der Waals surface area contributed by atoms with E-state index in [0.29, 0.717) is 30.5 Å². The van der Waals surface area contributed by atoms with Crippen LogP contribution in [-0.2, 0) is 24.3 Å². The van der Waals surface area contributed by atoms with Crippen molar-refractivity contribution in [1.29, 1.82) is 0 Å². The molecule has 184 valence electrons. The lowest BCUT2D eigenvalue weighted by atomic mass is 9.97.